The van der Waals surface area contributed by atoms with Crippen molar-refractivity contribution in [2.24, 2.45) is 5.41 Å². The first kappa shape index (κ1) is 11.7. The summed E-state index contributed by atoms with van der Waals surface area (Å²) in [5.74, 6) is 0. The first-order chi connectivity index (χ1) is 6.59. The van der Waals surface area contributed by atoms with Gasteiger partial charge < -0.3 is 14.4 Å². The van der Waals surface area contributed by atoms with Gasteiger partial charge in [-0.3, -0.25) is 0 Å². The summed E-state index contributed by atoms with van der Waals surface area (Å²) in [6, 6.07) is 0.495. The molecule has 3 heteroatoms. The first-order valence-electron chi connectivity index (χ1n) is 5.34. The summed E-state index contributed by atoms with van der Waals surface area (Å²) in [5.41, 5.74) is -0.155. The highest BCUT2D eigenvalue weighted by Gasteiger charge is 2.33. The van der Waals surface area contributed by atoms with Gasteiger partial charge in [0.2, 0.25) is 0 Å². The molecular formula is C11H21NO2. The van der Waals surface area contributed by atoms with Gasteiger partial charge in [-0.2, -0.15) is 0 Å². The zero-order chi connectivity index (χ0) is 10.6. The largest absolute Gasteiger partial charge is 0.381 e. The molecule has 0 spiro atoms. The Hall–Kier alpha value is -0.410. The van der Waals surface area contributed by atoms with Crippen molar-refractivity contribution in [1.82, 2.24) is 4.90 Å². The summed E-state index contributed by atoms with van der Waals surface area (Å²) < 4.78 is 5.29. The molecule has 0 aromatic rings. The molecule has 3 nitrogen and oxygen atoms in total. The van der Waals surface area contributed by atoms with Crippen molar-refractivity contribution < 1.29 is 9.53 Å². The van der Waals surface area contributed by atoms with E-state index in [-0.39, 0.29) is 5.41 Å². The van der Waals surface area contributed by atoms with Crippen LogP contribution in [0.2, 0.25) is 0 Å². The second-order valence-corrected chi connectivity index (χ2v) is 4.60. The Morgan fingerprint density at radius 3 is 2.43 bits per heavy atom. The lowest BCUT2D eigenvalue weighted by molar-refractivity contribution is -0.123. The Balaban J connectivity index is 2.55. The van der Waals surface area contributed by atoms with Crippen LogP contribution in [-0.4, -0.2) is 44.0 Å². The minimum atomic E-state index is -0.155. The number of carbonyl (C=O) groups excluding carboxylic acids is 1. The number of nitrogens with zero attached hydrogens (tertiary/aromatic N) is 1. The second kappa shape index (κ2) is 4.89. The van der Waals surface area contributed by atoms with Crippen LogP contribution in [0.4, 0.5) is 0 Å². The van der Waals surface area contributed by atoms with E-state index in [1.54, 1.807) is 0 Å². The summed E-state index contributed by atoms with van der Waals surface area (Å²) in [6.45, 7) is 6.61. The van der Waals surface area contributed by atoms with Gasteiger partial charge in [0.25, 0.3) is 0 Å². The van der Waals surface area contributed by atoms with Crippen LogP contribution in [0.3, 0.4) is 0 Å². The van der Waals surface area contributed by atoms with Crippen LogP contribution < -0.4 is 0 Å². The fourth-order valence-corrected chi connectivity index (χ4v) is 1.77. The van der Waals surface area contributed by atoms with Crippen molar-refractivity contribution in [2.45, 2.75) is 32.7 Å². The quantitative estimate of drug-likeness (QED) is 0.640. The monoisotopic (exact) mass is 199 g/mol. The summed E-state index contributed by atoms with van der Waals surface area (Å²) in [7, 11) is 2.07. The van der Waals surface area contributed by atoms with Gasteiger partial charge in [0, 0.05) is 31.2 Å². The molecule has 1 aliphatic rings. The van der Waals surface area contributed by atoms with E-state index >= 15 is 0 Å². The van der Waals surface area contributed by atoms with E-state index in [0.717, 1.165) is 38.9 Å². The van der Waals surface area contributed by atoms with Crippen LogP contribution in [0.15, 0.2) is 0 Å². The summed E-state index contributed by atoms with van der Waals surface area (Å²) in [6.07, 6.45) is 2.87. The summed E-state index contributed by atoms with van der Waals surface area (Å²) in [5, 5.41) is 0. The van der Waals surface area contributed by atoms with Crippen molar-refractivity contribution in [3.63, 3.8) is 0 Å². The average Bonchev–Trinajstić information content (AvgIpc) is 2.19. The predicted octanol–water partition coefficient (Wildman–Crippen LogP) is 1.32. The van der Waals surface area contributed by atoms with Crippen LogP contribution in [0.1, 0.15) is 26.7 Å². The van der Waals surface area contributed by atoms with Gasteiger partial charge in [0.05, 0.1) is 0 Å². The van der Waals surface area contributed by atoms with Gasteiger partial charge in [-0.05, 0) is 33.7 Å². The highest BCUT2D eigenvalue weighted by atomic mass is 16.5. The SMILES string of the molecule is CC(C)N(C)CC1(C=O)CCOCC1. The standard InChI is InChI=1S/C11H21NO2/c1-10(2)12(3)8-11(9-13)4-6-14-7-5-11/h9-10H,4-8H2,1-3H3. The number of hydrogen-bond acceptors (Lipinski definition) is 3. The van der Waals surface area contributed by atoms with Crippen LogP contribution in [0.5, 0.6) is 0 Å². The van der Waals surface area contributed by atoms with E-state index in [9.17, 15) is 4.79 Å². The highest BCUT2D eigenvalue weighted by Crippen LogP contribution is 2.29. The van der Waals surface area contributed by atoms with Crippen LogP contribution in [0, 0.1) is 5.41 Å². The molecule has 0 amide bonds. The molecule has 0 aromatic carbocycles. The summed E-state index contributed by atoms with van der Waals surface area (Å²) in [4.78, 5) is 13.4. The number of ether oxygens (including phenoxy) is 1. The zero-order valence-corrected chi connectivity index (χ0v) is 9.45. The zero-order valence-electron chi connectivity index (χ0n) is 9.45. The van der Waals surface area contributed by atoms with E-state index in [4.69, 9.17) is 4.74 Å². The van der Waals surface area contributed by atoms with Crippen molar-refractivity contribution in [2.75, 3.05) is 26.8 Å². The third-order valence-corrected chi connectivity index (χ3v) is 3.18. The number of carbonyl (C=O) groups is 1. The fourth-order valence-electron chi connectivity index (χ4n) is 1.77. The minimum Gasteiger partial charge on any atom is -0.381 e. The second-order valence-electron chi connectivity index (χ2n) is 4.60. The molecule has 0 radical (unpaired) electrons. The summed E-state index contributed by atoms with van der Waals surface area (Å²) >= 11 is 0. The highest BCUT2D eigenvalue weighted by molar-refractivity contribution is 5.60. The molecule has 14 heavy (non-hydrogen) atoms. The number of aldehydes is 1. The molecule has 0 unspecified atom stereocenters. The predicted molar refractivity (Wildman–Crippen MR) is 56.3 cm³/mol. The third kappa shape index (κ3) is 2.79. The fraction of sp³-hybridized carbons (Fsp3) is 0.909. The van der Waals surface area contributed by atoms with Crippen molar-refractivity contribution >= 4 is 6.29 Å². The van der Waals surface area contributed by atoms with Gasteiger partial charge >= 0.3 is 0 Å². The van der Waals surface area contributed by atoms with Crippen molar-refractivity contribution in [1.29, 1.82) is 0 Å². The van der Waals surface area contributed by atoms with Crippen LogP contribution in [0.25, 0.3) is 0 Å². The van der Waals surface area contributed by atoms with Gasteiger partial charge in [0.15, 0.2) is 0 Å². The molecule has 0 bridgehead atoms. The first-order valence-corrected chi connectivity index (χ1v) is 5.34. The molecule has 1 rings (SSSR count). The van der Waals surface area contributed by atoms with Crippen molar-refractivity contribution in [3.05, 3.63) is 0 Å². The Bertz CT molecular complexity index is 186. The third-order valence-electron chi connectivity index (χ3n) is 3.18. The van der Waals surface area contributed by atoms with Crippen LogP contribution in [-0.2, 0) is 9.53 Å². The topological polar surface area (TPSA) is 29.5 Å². The van der Waals surface area contributed by atoms with E-state index in [2.05, 4.69) is 25.8 Å². The molecule has 0 aromatic heterocycles. The van der Waals surface area contributed by atoms with E-state index in [0.29, 0.717) is 6.04 Å². The molecule has 1 aliphatic heterocycles. The molecule has 1 saturated heterocycles. The maximum Gasteiger partial charge on any atom is 0.127 e. The molecule has 0 atom stereocenters. The lowest BCUT2D eigenvalue weighted by Crippen LogP contribution is -2.43. The van der Waals surface area contributed by atoms with E-state index in [1.807, 2.05) is 0 Å². The number of rotatable bonds is 4. The Labute approximate surface area is 86.4 Å². The van der Waals surface area contributed by atoms with Crippen molar-refractivity contribution in [3.8, 4) is 0 Å². The Morgan fingerprint density at radius 2 is 2.00 bits per heavy atom. The normalized spacial score (nSPS) is 21.5. The lowest BCUT2D eigenvalue weighted by Gasteiger charge is -2.36. The van der Waals surface area contributed by atoms with Gasteiger partial charge in [-0.15, -0.1) is 0 Å². The van der Waals surface area contributed by atoms with Gasteiger partial charge in [-0.25, -0.2) is 0 Å². The van der Waals surface area contributed by atoms with E-state index < -0.39 is 0 Å². The Kier molecular flexibility index (Phi) is 4.08. The smallest absolute Gasteiger partial charge is 0.127 e. The van der Waals surface area contributed by atoms with E-state index in [1.165, 1.54) is 0 Å². The molecule has 0 N–H and O–H groups in total. The molecule has 1 heterocycles. The minimum absolute atomic E-state index is 0.155. The van der Waals surface area contributed by atoms with Gasteiger partial charge in [0.1, 0.15) is 6.29 Å². The maximum atomic E-state index is 11.2. The maximum absolute atomic E-state index is 11.2. The number of hydrogen-bond donors (Lipinski definition) is 0. The molecule has 0 saturated carbocycles. The molecule has 1 fully saturated rings. The molecular weight excluding hydrogens is 178 g/mol. The lowest BCUT2D eigenvalue weighted by atomic mass is 9.81. The van der Waals surface area contributed by atoms with Gasteiger partial charge in [-0.1, -0.05) is 0 Å². The Morgan fingerprint density at radius 1 is 1.43 bits per heavy atom. The average molecular weight is 199 g/mol. The molecule has 0 aliphatic carbocycles. The molecule has 82 valence electrons. The van der Waals surface area contributed by atoms with Crippen LogP contribution >= 0.6 is 0 Å².